The number of rotatable bonds is 6. The van der Waals surface area contributed by atoms with Gasteiger partial charge in [-0.1, -0.05) is 19.4 Å². The molecule has 0 amide bonds. The molecule has 0 atom stereocenters. The number of ether oxygens (including phenoxy) is 1. The predicted molar refractivity (Wildman–Crippen MR) is 79.7 cm³/mol. The van der Waals surface area contributed by atoms with Crippen molar-refractivity contribution in [3.8, 4) is 5.88 Å². The molecule has 0 unspecified atom stereocenters. The van der Waals surface area contributed by atoms with Crippen LogP contribution >= 0.6 is 0 Å². The number of methoxy groups -OCH3 is 1. The molecule has 1 fully saturated rings. The van der Waals surface area contributed by atoms with Crippen LogP contribution in [0.5, 0.6) is 5.88 Å². The van der Waals surface area contributed by atoms with Gasteiger partial charge >= 0.3 is 0 Å². The summed E-state index contributed by atoms with van der Waals surface area (Å²) in [5, 5.41) is 13.9. The first-order valence-electron chi connectivity index (χ1n) is 7.58. The summed E-state index contributed by atoms with van der Waals surface area (Å²) in [4.78, 5) is 4.18. The Labute approximate surface area is 121 Å². The number of aromatic nitrogens is 1. The van der Waals surface area contributed by atoms with Crippen molar-refractivity contribution >= 4 is 0 Å². The fraction of sp³-hybridized carbons (Fsp3) is 0.688. The van der Waals surface area contributed by atoms with Gasteiger partial charge in [-0.2, -0.15) is 0 Å². The second-order valence-corrected chi connectivity index (χ2v) is 5.85. The molecule has 0 spiro atoms. The van der Waals surface area contributed by atoms with Crippen molar-refractivity contribution in [1.29, 1.82) is 0 Å². The Hall–Kier alpha value is -1.13. The van der Waals surface area contributed by atoms with Gasteiger partial charge in [-0.15, -0.1) is 0 Å². The van der Waals surface area contributed by atoms with E-state index in [-0.39, 0.29) is 0 Å². The second kappa shape index (κ2) is 7.04. The van der Waals surface area contributed by atoms with Gasteiger partial charge in [-0.25, -0.2) is 4.98 Å². The third kappa shape index (κ3) is 3.93. The first kappa shape index (κ1) is 15.3. The van der Waals surface area contributed by atoms with E-state index in [2.05, 4.69) is 17.2 Å². The molecule has 0 aliphatic heterocycles. The van der Waals surface area contributed by atoms with Crippen LogP contribution in [0.2, 0.25) is 0 Å². The zero-order valence-electron chi connectivity index (χ0n) is 12.6. The monoisotopic (exact) mass is 278 g/mol. The van der Waals surface area contributed by atoms with Gasteiger partial charge in [0.05, 0.1) is 12.7 Å². The number of nitrogens with zero attached hydrogens (tertiary/aromatic N) is 1. The predicted octanol–water partition coefficient (Wildman–Crippen LogP) is 2.51. The molecule has 0 aromatic carbocycles. The smallest absolute Gasteiger partial charge is 0.217 e. The van der Waals surface area contributed by atoms with Crippen molar-refractivity contribution in [2.75, 3.05) is 13.7 Å². The van der Waals surface area contributed by atoms with Crippen LogP contribution in [0.3, 0.4) is 0 Å². The fourth-order valence-corrected chi connectivity index (χ4v) is 2.97. The number of hydrogen-bond acceptors (Lipinski definition) is 4. The summed E-state index contributed by atoms with van der Waals surface area (Å²) in [7, 11) is 1.63. The van der Waals surface area contributed by atoms with Gasteiger partial charge in [-0.05, 0) is 37.7 Å². The highest BCUT2D eigenvalue weighted by atomic mass is 16.5. The molecule has 1 aromatic rings. The lowest BCUT2D eigenvalue weighted by molar-refractivity contribution is -0.00884. The summed E-state index contributed by atoms with van der Waals surface area (Å²) < 4.78 is 5.23. The fourth-order valence-electron chi connectivity index (χ4n) is 2.97. The Morgan fingerprint density at radius 3 is 2.85 bits per heavy atom. The lowest BCUT2D eigenvalue weighted by atomic mass is 9.78. The molecule has 0 radical (unpaired) electrons. The SMILES string of the molecule is CCC1CCC(O)(CNCc2cccnc2OC)CC1. The molecule has 2 N–H and O–H groups in total. The number of aliphatic hydroxyl groups is 1. The highest BCUT2D eigenvalue weighted by molar-refractivity contribution is 5.25. The van der Waals surface area contributed by atoms with E-state index in [4.69, 9.17) is 4.74 Å². The van der Waals surface area contributed by atoms with Gasteiger partial charge in [0.1, 0.15) is 0 Å². The molecular formula is C16H26N2O2. The molecule has 4 heteroatoms. The van der Waals surface area contributed by atoms with E-state index in [9.17, 15) is 5.11 Å². The Kier molecular flexibility index (Phi) is 5.38. The van der Waals surface area contributed by atoms with Gasteiger partial charge in [0, 0.05) is 24.8 Å². The third-order valence-electron chi connectivity index (χ3n) is 4.43. The van der Waals surface area contributed by atoms with Crippen molar-refractivity contribution in [1.82, 2.24) is 10.3 Å². The summed E-state index contributed by atoms with van der Waals surface area (Å²) in [6, 6.07) is 3.90. The standard InChI is InChI=1S/C16H26N2O2/c1-3-13-6-8-16(19,9-7-13)12-17-11-14-5-4-10-18-15(14)20-2/h4-5,10,13,17,19H,3,6-9,11-12H2,1-2H3. The van der Waals surface area contributed by atoms with Crippen molar-refractivity contribution in [2.24, 2.45) is 5.92 Å². The van der Waals surface area contributed by atoms with Crippen LogP contribution in [-0.4, -0.2) is 29.3 Å². The molecule has 20 heavy (non-hydrogen) atoms. The van der Waals surface area contributed by atoms with Crippen LogP contribution in [-0.2, 0) is 6.54 Å². The first-order valence-corrected chi connectivity index (χ1v) is 7.58. The molecule has 1 aliphatic rings. The average Bonchev–Trinajstić information content (AvgIpc) is 2.48. The van der Waals surface area contributed by atoms with E-state index < -0.39 is 5.60 Å². The maximum absolute atomic E-state index is 10.6. The van der Waals surface area contributed by atoms with E-state index in [0.29, 0.717) is 19.0 Å². The van der Waals surface area contributed by atoms with Crippen LogP contribution in [0.15, 0.2) is 18.3 Å². The van der Waals surface area contributed by atoms with Crippen molar-refractivity contribution < 1.29 is 9.84 Å². The molecule has 1 aromatic heterocycles. The second-order valence-electron chi connectivity index (χ2n) is 5.85. The number of pyridine rings is 1. The Balaban J connectivity index is 1.81. The molecule has 2 rings (SSSR count). The number of hydrogen-bond donors (Lipinski definition) is 2. The zero-order valence-corrected chi connectivity index (χ0v) is 12.6. The van der Waals surface area contributed by atoms with Gasteiger partial charge in [0.25, 0.3) is 0 Å². The topological polar surface area (TPSA) is 54.4 Å². The molecule has 1 heterocycles. The normalized spacial score (nSPS) is 26.4. The highest BCUT2D eigenvalue weighted by Gasteiger charge is 2.32. The number of nitrogens with one attached hydrogen (secondary N) is 1. The minimum Gasteiger partial charge on any atom is -0.481 e. The Morgan fingerprint density at radius 1 is 1.45 bits per heavy atom. The van der Waals surface area contributed by atoms with Crippen LogP contribution in [0.25, 0.3) is 0 Å². The summed E-state index contributed by atoms with van der Waals surface area (Å²) in [5.41, 5.74) is 0.488. The summed E-state index contributed by atoms with van der Waals surface area (Å²) in [6.07, 6.45) is 7.05. The minimum atomic E-state index is -0.541. The van der Waals surface area contributed by atoms with Crippen molar-refractivity contribution in [3.05, 3.63) is 23.9 Å². The van der Waals surface area contributed by atoms with Crippen molar-refractivity contribution in [3.63, 3.8) is 0 Å². The summed E-state index contributed by atoms with van der Waals surface area (Å²) in [5.74, 6) is 1.45. The minimum absolute atomic E-state index is 0.541. The van der Waals surface area contributed by atoms with E-state index >= 15 is 0 Å². The van der Waals surface area contributed by atoms with Crippen LogP contribution < -0.4 is 10.1 Å². The van der Waals surface area contributed by atoms with Crippen LogP contribution in [0, 0.1) is 5.92 Å². The van der Waals surface area contributed by atoms with Crippen LogP contribution in [0.1, 0.15) is 44.6 Å². The molecule has 0 saturated heterocycles. The van der Waals surface area contributed by atoms with E-state index in [1.165, 1.54) is 6.42 Å². The van der Waals surface area contributed by atoms with Gasteiger partial charge in [-0.3, -0.25) is 0 Å². The molecule has 1 saturated carbocycles. The zero-order chi connectivity index (χ0) is 14.4. The van der Waals surface area contributed by atoms with Gasteiger partial charge < -0.3 is 15.2 Å². The summed E-state index contributed by atoms with van der Waals surface area (Å²) >= 11 is 0. The Bertz CT molecular complexity index is 415. The average molecular weight is 278 g/mol. The molecule has 112 valence electrons. The molecule has 0 bridgehead atoms. The van der Waals surface area contributed by atoms with Gasteiger partial charge in [0.15, 0.2) is 0 Å². The van der Waals surface area contributed by atoms with E-state index in [1.54, 1.807) is 13.3 Å². The largest absolute Gasteiger partial charge is 0.481 e. The van der Waals surface area contributed by atoms with Crippen molar-refractivity contribution in [2.45, 2.75) is 51.2 Å². The first-order chi connectivity index (χ1) is 9.67. The quantitative estimate of drug-likeness (QED) is 0.839. The highest BCUT2D eigenvalue weighted by Crippen LogP contribution is 2.33. The molecular weight excluding hydrogens is 252 g/mol. The Morgan fingerprint density at radius 2 is 2.20 bits per heavy atom. The lowest BCUT2D eigenvalue weighted by Gasteiger charge is -2.36. The van der Waals surface area contributed by atoms with E-state index in [0.717, 1.165) is 37.2 Å². The maximum Gasteiger partial charge on any atom is 0.217 e. The third-order valence-corrected chi connectivity index (χ3v) is 4.43. The maximum atomic E-state index is 10.6. The summed E-state index contributed by atoms with van der Waals surface area (Å²) in [6.45, 7) is 3.56. The van der Waals surface area contributed by atoms with Gasteiger partial charge in [0.2, 0.25) is 5.88 Å². The lowest BCUT2D eigenvalue weighted by Crippen LogP contribution is -2.43. The molecule has 4 nitrogen and oxygen atoms in total. The van der Waals surface area contributed by atoms with E-state index in [1.807, 2.05) is 12.1 Å². The van der Waals surface area contributed by atoms with Crippen LogP contribution in [0.4, 0.5) is 0 Å². The molecule has 1 aliphatic carbocycles.